The SMILES string of the molecule is Cc1ccc(NC(=O)Cc2ccc(CN)cc2)c(C)c1. The van der Waals surface area contributed by atoms with E-state index in [0.717, 1.165) is 22.4 Å². The predicted molar refractivity (Wildman–Crippen MR) is 82.6 cm³/mol. The minimum absolute atomic E-state index is 0.00236. The molecule has 20 heavy (non-hydrogen) atoms. The Labute approximate surface area is 119 Å². The second-order valence-electron chi connectivity index (χ2n) is 5.06. The summed E-state index contributed by atoms with van der Waals surface area (Å²) in [5, 5.41) is 2.95. The number of carbonyl (C=O) groups is 1. The highest BCUT2D eigenvalue weighted by molar-refractivity contribution is 5.93. The van der Waals surface area contributed by atoms with Crippen molar-refractivity contribution in [2.24, 2.45) is 5.73 Å². The van der Waals surface area contributed by atoms with Gasteiger partial charge in [-0.2, -0.15) is 0 Å². The summed E-state index contributed by atoms with van der Waals surface area (Å²) in [7, 11) is 0. The maximum Gasteiger partial charge on any atom is 0.228 e. The molecule has 0 aliphatic heterocycles. The van der Waals surface area contributed by atoms with E-state index in [9.17, 15) is 4.79 Å². The average Bonchev–Trinajstić information content (AvgIpc) is 2.43. The number of benzene rings is 2. The van der Waals surface area contributed by atoms with Gasteiger partial charge in [-0.1, -0.05) is 42.0 Å². The van der Waals surface area contributed by atoms with Crippen molar-refractivity contribution >= 4 is 11.6 Å². The molecule has 0 saturated heterocycles. The van der Waals surface area contributed by atoms with E-state index in [4.69, 9.17) is 5.73 Å². The Bertz CT molecular complexity index is 603. The van der Waals surface area contributed by atoms with Crippen molar-refractivity contribution in [1.82, 2.24) is 0 Å². The summed E-state index contributed by atoms with van der Waals surface area (Å²) >= 11 is 0. The molecule has 0 fully saturated rings. The van der Waals surface area contributed by atoms with E-state index < -0.39 is 0 Å². The fourth-order valence-electron chi connectivity index (χ4n) is 2.13. The molecule has 104 valence electrons. The van der Waals surface area contributed by atoms with Crippen LogP contribution in [-0.2, 0) is 17.8 Å². The second kappa shape index (κ2) is 6.35. The fourth-order valence-corrected chi connectivity index (χ4v) is 2.13. The molecule has 0 bridgehead atoms. The first kappa shape index (κ1) is 14.3. The quantitative estimate of drug-likeness (QED) is 0.895. The van der Waals surface area contributed by atoms with Gasteiger partial charge in [0.15, 0.2) is 0 Å². The van der Waals surface area contributed by atoms with E-state index in [1.807, 2.05) is 50.2 Å². The topological polar surface area (TPSA) is 55.1 Å². The van der Waals surface area contributed by atoms with Crippen LogP contribution in [0.25, 0.3) is 0 Å². The van der Waals surface area contributed by atoms with Crippen LogP contribution in [0.3, 0.4) is 0 Å². The van der Waals surface area contributed by atoms with E-state index in [1.54, 1.807) is 0 Å². The largest absolute Gasteiger partial charge is 0.326 e. The van der Waals surface area contributed by atoms with Gasteiger partial charge in [0.05, 0.1) is 6.42 Å². The van der Waals surface area contributed by atoms with E-state index in [1.165, 1.54) is 5.56 Å². The van der Waals surface area contributed by atoms with E-state index in [0.29, 0.717) is 13.0 Å². The lowest BCUT2D eigenvalue weighted by Crippen LogP contribution is -2.15. The van der Waals surface area contributed by atoms with Gasteiger partial charge < -0.3 is 11.1 Å². The molecule has 0 aromatic heterocycles. The average molecular weight is 268 g/mol. The van der Waals surface area contributed by atoms with Gasteiger partial charge in [0.2, 0.25) is 5.91 Å². The van der Waals surface area contributed by atoms with Gasteiger partial charge in [-0.15, -0.1) is 0 Å². The molecule has 0 heterocycles. The van der Waals surface area contributed by atoms with Crippen molar-refractivity contribution in [2.45, 2.75) is 26.8 Å². The number of nitrogens with one attached hydrogen (secondary N) is 1. The van der Waals surface area contributed by atoms with Gasteiger partial charge in [-0.3, -0.25) is 4.79 Å². The normalized spacial score (nSPS) is 10.3. The maximum atomic E-state index is 12.0. The van der Waals surface area contributed by atoms with E-state index >= 15 is 0 Å². The lowest BCUT2D eigenvalue weighted by atomic mass is 10.1. The molecule has 3 heteroatoms. The van der Waals surface area contributed by atoms with Crippen LogP contribution in [0, 0.1) is 13.8 Å². The Balaban J connectivity index is 2.01. The lowest BCUT2D eigenvalue weighted by molar-refractivity contribution is -0.115. The van der Waals surface area contributed by atoms with Crippen molar-refractivity contribution in [3.63, 3.8) is 0 Å². The minimum Gasteiger partial charge on any atom is -0.326 e. The standard InChI is InChI=1S/C17H20N2O/c1-12-3-8-16(13(2)9-12)19-17(20)10-14-4-6-15(11-18)7-5-14/h3-9H,10-11,18H2,1-2H3,(H,19,20). The molecule has 2 rings (SSSR count). The molecule has 0 radical (unpaired) electrons. The molecule has 2 aromatic carbocycles. The Hall–Kier alpha value is -2.13. The molecule has 0 aliphatic carbocycles. The molecule has 3 N–H and O–H groups in total. The third-order valence-electron chi connectivity index (χ3n) is 3.28. The van der Waals surface area contributed by atoms with E-state index in [-0.39, 0.29) is 5.91 Å². The molecule has 0 spiro atoms. The summed E-state index contributed by atoms with van der Waals surface area (Å²) in [6.45, 7) is 4.56. The van der Waals surface area contributed by atoms with Gasteiger partial charge in [0.25, 0.3) is 0 Å². The molecule has 0 atom stereocenters. The maximum absolute atomic E-state index is 12.0. The summed E-state index contributed by atoms with van der Waals surface area (Å²) in [5.74, 6) is -0.00236. The third kappa shape index (κ3) is 3.68. The summed E-state index contributed by atoms with van der Waals surface area (Å²) in [5.41, 5.74) is 10.8. The van der Waals surface area contributed by atoms with E-state index in [2.05, 4.69) is 11.4 Å². The number of carbonyl (C=O) groups excluding carboxylic acids is 1. The molecular formula is C17H20N2O. The first-order valence-corrected chi connectivity index (χ1v) is 6.73. The summed E-state index contributed by atoms with van der Waals surface area (Å²) in [6.07, 6.45) is 0.373. The molecule has 0 saturated carbocycles. The number of hydrogen-bond donors (Lipinski definition) is 2. The zero-order valence-corrected chi connectivity index (χ0v) is 11.9. The highest BCUT2D eigenvalue weighted by Crippen LogP contribution is 2.16. The van der Waals surface area contributed by atoms with Crippen LogP contribution in [0.1, 0.15) is 22.3 Å². The Morgan fingerprint density at radius 1 is 1.05 bits per heavy atom. The fraction of sp³-hybridized carbons (Fsp3) is 0.235. The number of aryl methyl sites for hydroxylation is 2. The first-order valence-electron chi connectivity index (χ1n) is 6.73. The lowest BCUT2D eigenvalue weighted by Gasteiger charge is -2.09. The van der Waals surface area contributed by atoms with Gasteiger partial charge in [0.1, 0.15) is 0 Å². The predicted octanol–water partition coefficient (Wildman–Crippen LogP) is 2.94. The van der Waals surface area contributed by atoms with Crippen LogP contribution in [0.4, 0.5) is 5.69 Å². The Morgan fingerprint density at radius 2 is 1.70 bits per heavy atom. The van der Waals surface area contributed by atoms with Crippen LogP contribution < -0.4 is 11.1 Å². The highest BCUT2D eigenvalue weighted by atomic mass is 16.1. The van der Waals surface area contributed by atoms with Crippen molar-refractivity contribution < 1.29 is 4.79 Å². The van der Waals surface area contributed by atoms with Crippen LogP contribution in [0.2, 0.25) is 0 Å². The van der Waals surface area contributed by atoms with Crippen LogP contribution in [0.15, 0.2) is 42.5 Å². The molecule has 2 aromatic rings. The van der Waals surface area contributed by atoms with Crippen molar-refractivity contribution in [2.75, 3.05) is 5.32 Å². The van der Waals surface area contributed by atoms with Crippen LogP contribution >= 0.6 is 0 Å². The zero-order valence-electron chi connectivity index (χ0n) is 11.9. The van der Waals surface area contributed by atoms with Gasteiger partial charge in [-0.05, 0) is 36.6 Å². The zero-order chi connectivity index (χ0) is 14.5. The number of rotatable bonds is 4. The highest BCUT2D eigenvalue weighted by Gasteiger charge is 2.06. The molecule has 3 nitrogen and oxygen atoms in total. The second-order valence-corrected chi connectivity index (χ2v) is 5.06. The first-order chi connectivity index (χ1) is 9.58. The van der Waals surface area contributed by atoms with Crippen LogP contribution in [-0.4, -0.2) is 5.91 Å². The Morgan fingerprint density at radius 3 is 2.30 bits per heavy atom. The molecule has 0 unspecified atom stereocenters. The van der Waals surface area contributed by atoms with Gasteiger partial charge in [0, 0.05) is 12.2 Å². The Kier molecular flexibility index (Phi) is 4.53. The van der Waals surface area contributed by atoms with Crippen molar-refractivity contribution in [3.05, 3.63) is 64.7 Å². The molecule has 0 aliphatic rings. The van der Waals surface area contributed by atoms with Crippen LogP contribution in [0.5, 0.6) is 0 Å². The summed E-state index contributed by atoms with van der Waals surface area (Å²) in [4.78, 5) is 12.0. The van der Waals surface area contributed by atoms with Crippen molar-refractivity contribution in [1.29, 1.82) is 0 Å². The third-order valence-corrected chi connectivity index (χ3v) is 3.28. The minimum atomic E-state index is -0.00236. The summed E-state index contributed by atoms with van der Waals surface area (Å²) < 4.78 is 0. The number of hydrogen-bond acceptors (Lipinski definition) is 2. The van der Waals surface area contributed by atoms with Gasteiger partial charge >= 0.3 is 0 Å². The summed E-state index contributed by atoms with van der Waals surface area (Å²) in [6, 6.07) is 13.8. The number of amides is 1. The number of nitrogens with two attached hydrogens (primary N) is 1. The number of anilines is 1. The molecule has 1 amide bonds. The molecular weight excluding hydrogens is 248 g/mol. The monoisotopic (exact) mass is 268 g/mol. The van der Waals surface area contributed by atoms with Gasteiger partial charge in [-0.25, -0.2) is 0 Å². The van der Waals surface area contributed by atoms with Crippen molar-refractivity contribution in [3.8, 4) is 0 Å². The smallest absolute Gasteiger partial charge is 0.228 e.